The maximum Gasteiger partial charge on any atom is 0.0304 e. The molecule has 0 aromatic rings. The van der Waals surface area contributed by atoms with Crippen molar-refractivity contribution in [1.82, 2.24) is 15.1 Å². The zero-order valence-corrected chi connectivity index (χ0v) is 12.7. The fourth-order valence-electron chi connectivity index (χ4n) is 3.67. The molecule has 0 radical (unpaired) electrons. The summed E-state index contributed by atoms with van der Waals surface area (Å²) < 4.78 is 0. The SMILES string of the molecule is CCC1(CC)CN(C2CCCN(C)C2)C(C)CN1. The maximum atomic E-state index is 3.81. The minimum absolute atomic E-state index is 0.364. The molecule has 2 atom stereocenters. The highest BCUT2D eigenvalue weighted by Crippen LogP contribution is 2.27. The summed E-state index contributed by atoms with van der Waals surface area (Å²) in [7, 11) is 2.27. The van der Waals surface area contributed by atoms with Crippen LogP contribution in [0.2, 0.25) is 0 Å². The fourth-order valence-corrected chi connectivity index (χ4v) is 3.67. The van der Waals surface area contributed by atoms with Gasteiger partial charge in [0.1, 0.15) is 0 Å². The molecule has 2 unspecified atom stereocenters. The highest BCUT2D eigenvalue weighted by Gasteiger charge is 2.38. The molecular weight excluding hydrogens is 222 g/mol. The van der Waals surface area contributed by atoms with E-state index >= 15 is 0 Å². The van der Waals surface area contributed by atoms with Crippen molar-refractivity contribution in [2.45, 2.75) is 64.1 Å². The average molecular weight is 253 g/mol. The van der Waals surface area contributed by atoms with Crippen molar-refractivity contribution in [1.29, 1.82) is 0 Å². The lowest BCUT2D eigenvalue weighted by molar-refractivity contribution is 0.0166. The molecule has 1 N–H and O–H groups in total. The molecule has 2 heterocycles. The number of likely N-dealkylation sites (tertiary alicyclic amines) is 1. The van der Waals surface area contributed by atoms with Crippen LogP contribution in [0.1, 0.15) is 46.5 Å². The van der Waals surface area contributed by atoms with Gasteiger partial charge in [-0.05, 0) is 46.2 Å². The summed E-state index contributed by atoms with van der Waals surface area (Å²) >= 11 is 0. The minimum atomic E-state index is 0.364. The quantitative estimate of drug-likeness (QED) is 0.829. The number of rotatable bonds is 3. The van der Waals surface area contributed by atoms with Crippen LogP contribution in [0.15, 0.2) is 0 Å². The van der Waals surface area contributed by atoms with E-state index in [0.29, 0.717) is 11.6 Å². The van der Waals surface area contributed by atoms with Gasteiger partial charge in [0.05, 0.1) is 0 Å². The highest BCUT2D eigenvalue weighted by molar-refractivity contribution is 4.98. The van der Waals surface area contributed by atoms with E-state index in [1.165, 1.54) is 45.3 Å². The number of likely N-dealkylation sites (N-methyl/N-ethyl adjacent to an activating group) is 1. The highest BCUT2D eigenvalue weighted by atomic mass is 15.3. The lowest BCUT2D eigenvalue weighted by Gasteiger charge is -2.51. The van der Waals surface area contributed by atoms with E-state index in [0.717, 1.165) is 12.6 Å². The molecular formula is C15H31N3. The van der Waals surface area contributed by atoms with Gasteiger partial charge in [-0.15, -0.1) is 0 Å². The molecule has 2 fully saturated rings. The number of piperazine rings is 1. The number of hydrogen-bond donors (Lipinski definition) is 1. The first-order chi connectivity index (χ1) is 8.60. The lowest BCUT2D eigenvalue weighted by Crippen LogP contribution is -2.66. The Balaban J connectivity index is 2.04. The molecule has 2 rings (SSSR count). The first kappa shape index (κ1) is 14.3. The Hall–Kier alpha value is -0.120. The molecule has 0 aromatic carbocycles. The van der Waals surface area contributed by atoms with Crippen molar-refractivity contribution in [3.05, 3.63) is 0 Å². The molecule has 0 bridgehead atoms. The largest absolute Gasteiger partial charge is 0.308 e. The molecule has 2 saturated heterocycles. The summed E-state index contributed by atoms with van der Waals surface area (Å²) in [6.45, 7) is 12.0. The van der Waals surface area contributed by atoms with Crippen molar-refractivity contribution < 1.29 is 0 Å². The molecule has 2 aliphatic heterocycles. The van der Waals surface area contributed by atoms with Crippen LogP contribution in [0.4, 0.5) is 0 Å². The minimum Gasteiger partial charge on any atom is -0.308 e. The zero-order chi connectivity index (χ0) is 13.2. The van der Waals surface area contributed by atoms with Crippen LogP contribution in [-0.2, 0) is 0 Å². The molecule has 0 spiro atoms. The summed E-state index contributed by atoms with van der Waals surface area (Å²) in [5.74, 6) is 0. The van der Waals surface area contributed by atoms with Gasteiger partial charge in [-0.2, -0.15) is 0 Å². The number of piperidine rings is 1. The van der Waals surface area contributed by atoms with Crippen LogP contribution in [0.3, 0.4) is 0 Å². The smallest absolute Gasteiger partial charge is 0.0304 e. The van der Waals surface area contributed by atoms with E-state index in [9.17, 15) is 0 Å². The summed E-state index contributed by atoms with van der Waals surface area (Å²) in [4.78, 5) is 5.29. The fraction of sp³-hybridized carbons (Fsp3) is 1.00. The van der Waals surface area contributed by atoms with Crippen LogP contribution in [0.5, 0.6) is 0 Å². The molecule has 18 heavy (non-hydrogen) atoms. The molecule has 0 amide bonds. The number of nitrogens with one attached hydrogen (secondary N) is 1. The Kier molecular flexibility index (Phi) is 4.68. The van der Waals surface area contributed by atoms with E-state index in [2.05, 4.69) is 42.9 Å². The Morgan fingerprint density at radius 2 is 2.00 bits per heavy atom. The van der Waals surface area contributed by atoms with Crippen molar-refractivity contribution in [3.8, 4) is 0 Å². The van der Waals surface area contributed by atoms with E-state index in [1.807, 2.05) is 0 Å². The molecule has 0 aromatic heterocycles. The first-order valence-corrected chi connectivity index (χ1v) is 7.79. The normalized spacial score (nSPS) is 34.7. The van der Waals surface area contributed by atoms with Crippen LogP contribution in [0.25, 0.3) is 0 Å². The van der Waals surface area contributed by atoms with Crippen molar-refractivity contribution in [3.63, 3.8) is 0 Å². The Labute approximate surface area is 113 Å². The van der Waals surface area contributed by atoms with Crippen molar-refractivity contribution in [2.75, 3.05) is 33.2 Å². The second-order valence-corrected chi connectivity index (χ2v) is 6.45. The predicted octanol–water partition coefficient (Wildman–Crippen LogP) is 1.93. The van der Waals surface area contributed by atoms with Gasteiger partial charge in [0.2, 0.25) is 0 Å². The van der Waals surface area contributed by atoms with Gasteiger partial charge >= 0.3 is 0 Å². The van der Waals surface area contributed by atoms with E-state index in [4.69, 9.17) is 0 Å². The Morgan fingerprint density at radius 3 is 2.61 bits per heavy atom. The molecule has 2 aliphatic rings. The lowest BCUT2D eigenvalue weighted by atomic mass is 9.87. The van der Waals surface area contributed by atoms with Gasteiger partial charge in [0.15, 0.2) is 0 Å². The summed E-state index contributed by atoms with van der Waals surface area (Å²) in [6, 6.07) is 1.46. The van der Waals surface area contributed by atoms with Gasteiger partial charge in [0, 0.05) is 37.3 Å². The molecule has 106 valence electrons. The van der Waals surface area contributed by atoms with Gasteiger partial charge in [-0.3, -0.25) is 4.90 Å². The van der Waals surface area contributed by atoms with Gasteiger partial charge in [-0.25, -0.2) is 0 Å². The van der Waals surface area contributed by atoms with E-state index in [-0.39, 0.29) is 0 Å². The summed E-state index contributed by atoms with van der Waals surface area (Å²) in [6.07, 6.45) is 5.24. The second kappa shape index (κ2) is 5.89. The monoisotopic (exact) mass is 253 g/mol. The van der Waals surface area contributed by atoms with E-state index < -0.39 is 0 Å². The third-order valence-electron chi connectivity index (χ3n) is 5.25. The molecule has 0 saturated carbocycles. The second-order valence-electron chi connectivity index (χ2n) is 6.45. The standard InChI is InChI=1S/C15H31N3/c1-5-15(6-2)12-18(13(3)10-16-15)14-8-7-9-17(4)11-14/h13-14,16H,5-12H2,1-4H3. The zero-order valence-electron chi connectivity index (χ0n) is 12.7. The first-order valence-electron chi connectivity index (χ1n) is 7.79. The van der Waals surface area contributed by atoms with Crippen LogP contribution >= 0.6 is 0 Å². The van der Waals surface area contributed by atoms with Crippen LogP contribution < -0.4 is 5.32 Å². The summed E-state index contributed by atoms with van der Waals surface area (Å²) in [5, 5.41) is 3.81. The van der Waals surface area contributed by atoms with Gasteiger partial charge < -0.3 is 10.2 Å². The van der Waals surface area contributed by atoms with E-state index in [1.54, 1.807) is 0 Å². The Morgan fingerprint density at radius 1 is 1.28 bits per heavy atom. The molecule has 0 aliphatic carbocycles. The van der Waals surface area contributed by atoms with Crippen molar-refractivity contribution >= 4 is 0 Å². The van der Waals surface area contributed by atoms with Gasteiger partial charge in [0.25, 0.3) is 0 Å². The third kappa shape index (κ3) is 2.89. The molecule has 3 heteroatoms. The average Bonchev–Trinajstić information content (AvgIpc) is 2.40. The number of nitrogens with zero attached hydrogens (tertiary/aromatic N) is 2. The van der Waals surface area contributed by atoms with Crippen molar-refractivity contribution in [2.24, 2.45) is 0 Å². The summed E-state index contributed by atoms with van der Waals surface area (Å²) in [5.41, 5.74) is 0.364. The van der Waals surface area contributed by atoms with Crippen LogP contribution in [0, 0.1) is 0 Å². The van der Waals surface area contributed by atoms with Gasteiger partial charge in [-0.1, -0.05) is 13.8 Å². The topological polar surface area (TPSA) is 18.5 Å². The maximum absolute atomic E-state index is 3.81. The third-order valence-corrected chi connectivity index (χ3v) is 5.25. The van der Waals surface area contributed by atoms with Crippen LogP contribution in [-0.4, -0.2) is 60.6 Å². The Bertz CT molecular complexity index is 262. The molecule has 3 nitrogen and oxygen atoms in total. The number of hydrogen-bond acceptors (Lipinski definition) is 3. The predicted molar refractivity (Wildman–Crippen MR) is 78.0 cm³/mol.